The van der Waals surface area contributed by atoms with Crippen molar-refractivity contribution in [3.63, 3.8) is 0 Å². The average Bonchev–Trinajstić information content (AvgIpc) is 2.23. The van der Waals surface area contributed by atoms with Crippen LogP contribution in [-0.2, 0) is 14.0 Å². The molecule has 0 aromatic rings. The summed E-state index contributed by atoms with van der Waals surface area (Å²) in [6.07, 6.45) is 2.49. The Labute approximate surface area is 115 Å². The SMILES string of the molecule is CC(C)(C)OC(=O)N1CC=C(B2OC(C)(C)O2)CC1. The first-order valence-electron chi connectivity index (χ1n) is 6.69. The molecule has 1 saturated heterocycles. The van der Waals surface area contributed by atoms with Crippen molar-refractivity contribution in [3.8, 4) is 0 Å². The van der Waals surface area contributed by atoms with Gasteiger partial charge in [-0.05, 0) is 46.5 Å². The van der Waals surface area contributed by atoms with Crippen molar-refractivity contribution >= 4 is 13.2 Å². The fraction of sp³-hybridized carbons (Fsp3) is 0.769. The van der Waals surface area contributed by atoms with Crippen LogP contribution in [-0.4, -0.2) is 42.6 Å². The lowest BCUT2D eigenvalue weighted by molar-refractivity contribution is -0.188. The van der Waals surface area contributed by atoms with Gasteiger partial charge in [0, 0.05) is 13.1 Å². The van der Waals surface area contributed by atoms with E-state index in [-0.39, 0.29) is 13.2 Å². The van der Waals surface area contributed by atoms with E-state index in [9.17, 15) is 4.79 Å². The van der Waals surface area contributed by atoms with Gasteiger partial charge in [-0.25, -0.2) is 4.79 Å². The molecular weight excluding hydrogens is 245 g/mol. The smallest absolute Gasteiger partial charge is 0.444 e. The molecule has 0 aromatic heterocycles. The van der Waals surface area contributed by atoms with Crippen molar-refractivity contribution in [2.45, 2.75) is 52.4 Å². The molecule has 1 fully saturated rings. The summed E-state index contributed by atoms with van der Waals surface area (Å²) in [6.45, 7) is 10.6. The van der Waals surface area contributed by atoms with Crippen LogP contribution >= 0.6 is 0 Å². The molecule has 0 bridgehead atoms. The lowest BCUT2D eigenvalue weighted by Gasteiger charge is -2.43. The van der Waals surface area contributed by atoms with Crippen LogP contribution in [0, 0.1) is 0 Å². The molecule has 0 unspecified atom stereocenters. The van der Waals surface area contributed by atoms with Crippen LogP contribution in [0.4, 0.5) is 4.79 Å². The van der Waals surface area contributed by atoms with Gasteiger partial charge in [0.25, 0.3) is 0 Å². The van der Waals surface area contributed by atoms with Crippen LogP contribution in [0.5, 0.6) is 0 Å². The number of carbonyl (C=O) groups is 1. The molecule has 106 valence electrons. The Morgan fingerprint density at radius 2 is 2.05 bits per heavy atom. The molecule has 2 aliphatic rings. The first kappa shape index (κ1) is 14.4. The number of nitrogens with zero attached hydrogens (tertiary/aromatic N) is 1. The highest BCUT2D eigenvalue weighted by Gasteiger charge is 2.45. The minimum atomic E-state index is -0.478. The fourth-order valence-corrected chi connectivity index (χ4v) is 2.07. The molecule has 0 spiro atoms. The molecule has 0 N–H and O–H groups in total. The maximum Gasteiger partial charge on any atom is 0.493 e. The van der Waals surface area contributed by atoms with Crippen LogP contribution in [0.2, 0.25) is 0 Å². The van der Waals surface area contributed by atoms with Gasteiger partial charge in [0.15, 0.2) is 0 Å². The molecule has 19 heavy (non-hydrogen) atoms. The van der Waals surface area contributed by atoms with Gasteiger partial charge >= 0.3 is 13.2 Å². The number of hydrogen-bond acceptors (Lipinski definition) is 4. The number of hydrogen-bond donors (Lipinski definition) is 0. The average molecular weight is 267 g/mol. The van der Waals surface area contributed by atoms with Gasteiger partial charge in [0.05, 0.1) is 0 Å². The molecule has 0 saturated carbocycles. The van der Waals surface area contributed by atoms with Crippen LogP contribution in [0.1, 0.15) is 41.0 Å². The van der Waals surface area contributed by atoms with Gasteiger partial charge in [-0.15, -0.1) is 0 Å². The predicted molar refractivity (Wildman–Crippen MR) is 72.5 cm³/mol. The Balaban J connectivity index is 1.85. The zero-order valence-corrected chi connectivity index (χ0v) is 12.4. The highest BCUT2D eigenvalue weighted by molar-refractivity contribution is 6.55. The minimum Gasteiger partial charge on any atom is -0.444 e. The van der Waals surface area contributed by atoms with Crippen molar-refractivity contribution in [1.29, 1.82) is 0 Å². The van der Waals surface area contributed by atoms with Crippen molar-refractivity contribution in [2.24, 2.45) is 0 Å². The first-order valence-corrected chi connectivity index (χ1v) is 6.69. The number of ether oxygens (including phenoxy) is 1. The van der Waals surface area contributed by atoms with Crippen LogP contribution in [0.25, 0.3) is 0 Å². The van der Waals surface area contributed by atoms with Gasteiger partial charge in [-0.1, -0.05) is 6.08 Å². The molecule has 0 radical (unpaired) electrons. The molecular formula is C13H22BNO4. The Bertz CT molecular complexity index is 392. The Hall–Kier alpha value is -1.01. The summed E-state index contributed by atoms with van der Waals surface area (Å²) in [5.41, 5.74) is 0.657. The molecule has 2 aliphatic heterocycles. The minimum absolute atomic E-state index is 0.240. The fourth-order valence-electron chi connectivity index (χ4n) is 2.07. The zero-order chi connectivity index (χ0) is 14.3. The van der Waals surface area contributed by atoms with E-state index in [1.54, 1.807) is 4.90 Å². The number of amides is 1. The Kier molecular flexibility index (Phi) is 3.66. The Morgan fingerprint density at radius 1 is 1.42 bits per heavy atom. The highest BCUT2D eigenvalue weighted by atomic mass is 16.8. The van der Waals surface area contributed by atoms with Crippen LogP contribution < -0.4 is 0 Å². The van der Waals surface area contributed by atoms with Gasteiger partial charge in [-0.3, -0.25) is 0 Å². The third kappa shape index (κ3) is 3.73. The maximum atomic E-state index is 11.9. The van der Waals surface area contributed by atoms with Crippen molar-refractivity contribution < 1.29 is 18.8 Å². The molecule has 0 aromatic carbocycles. The summed E-state index contributed by atoms with van der Waals surface area (Å²) < 4.78 is 16.6. The quantitative estimate of drug-likeness (QED) is 0.684. The van der Waals surface area contributed by atoms with E-state index in [1.807, 2.05) is 40.7 Å². The standard InChI is InChI=1S/C13H22BNO4/c1-12(2,3)17-11(16)15-8-6-10(7-9-15)14-18-13(4,5)19-14/h6H,7-9H2,1-5H3. The molecule has 5 nitrogen and oxygen atoms in total. The molecule has 6 heteroatoms. The Morgan fingerprint density at radius 3 is 2.47 bits per heavy atom. The molecule has 1 amide bonds. The van der Waals surface area contributed by atoms with Gasteiger partial charge in [0.2, 0.25) is 0 Å². The van der Waals surface area contributed by atoms with E-state index in [2.05, 4.69) is 0 Å². The zero-order valence-electron chi connectivity index (χ0n) is 12.4. The van der Waals surface area contributed by atoms with E-state index in [4.69, 9.17) is 14.0 Å². The van der Waals surface area contributed by atoms with Gasteiger partial charge in [-0.2, -0.15) is 0 Å². The summed E-state index contributed by atoms with van der Waals surface area (Å²) in [6, 6.07) is 0. The summed E-state index contributed by atoms with van der Waals surface area (Å²) in [7, 11) is -0.240. The van der Waals surface area contributed by atoms with E-state index in [0.717, 1.165) is 11.9 Å². The summed E-state index contributed by atoms with van der Waals surface area (Å²) >= 11 is 0. The second-order valence-corrected chi connectivity index (χ2v) is 6.42. The second-order valence-electron chi connectivity index (χ2n) is 6.42. The van der Waals surface area contributed by atoms with Crippen molar-refractivity contribution in [1.82, 2.24) is 4.90 Å². The van der Waals surface area contributed by atoms with E-state index in [0.29, 0.717) is 13.1 Å². The summed E-state index contributed by atoms with van der Waals surface area (Å²) in [4.78, 5) is 13.6. The third-order valence-electron chi connectivity index (χ3n) is 2.98. The largest absolute Gasteiger partial charge is 0.493 e. The van der Waals surface area contributed by atoms with E-state index < -0.39 is 11.4 Å². The third-order valence-corrected chi connectivity index (χ3v) is 2.98. The highest BCUT2D eigenvalue weighted by Crippen LogP contribution is 2.31. The predicted octanol–water partition coefficient (Wildman–Crippen LogP) is 2.36. The molecule has 0 aliphatic carbocycles. The maximum absolute atomic E-state index is 11.9. The summed E-state index contributed by atoms with van der Waals surface area (Å²) in [5.74, 6) is -0.478. The topological polar surface area (TPSA) is 48.0 Å². The van der Waals surface area contributed by atoms with Crippen molar-refractivity contribution in [3.05, 3.63) is 11.5 Å². The van der Waals surface area contributed by atoms with Crippen molar-refractivity contribution in [2.75, 3.05) is 13.1 Å². The number of carbonyl (C=O) groups excluding carboxylic acids is 1. The first-order chi connectivity index (χ1) is 8.66. The molecule has 0 atom stereocenters. The normalized spacial score (nSPS) is 22.7. The second kappa shape index (κ2) is 4.83. The number of rotatable bonds is 1. The lowest BCUT2D eigenvalue weighted by atomic mass is 9.71. The van der Waals surface area contributed by atoms with E-state index >= 15 is 0 Å². The molecule has 2 heterocycles. The van der Waals surface area contributed by atoms with Crippen LogP contribution in [0.3, 0.4) is 0 Å². The lowest BCUT2D eigenvalue weighted by Crippen LogP contribution is -2.55. The monoisotopic (exact) mass is 267 g/mol. The summed E-state index contributed by atoms with van der Waals surface area (Å²) in [5, 5.41) is 0. The molecule has 2 rings (SSSR count). The van der Waals surface area contributed by atoms with E-state index in [1.165, 1.54) is 0 Å². The van der Waals surface area contributed by atoms with Gasteiger partial charge in [0.1, 0.15) is 11.4 Å². The van der Waals surface area contributed by atoms with Gasteiger partial charge < -0.3 is 18.9 Å². The van der Waals surface area contributed by atoms with Crippen LogP contribution in [0.15, 0.2) is 11.5 Å².